The summed E-state index contributed by atoms with van der Waals surface area (Å²) in [5, 5.41) is 2.97. The van der Waals surface area contributed by atoms with E-state index in [1.165, 1.54) is 11.3 Å². The van der Waals surface area contributed by atoms with E-state index in [1.807, 2.05) is 52.2 Å². The maximum absolute atomic E-state index is 13.4. The van der Waals surface area contributed by atoms with Crippen molar-refractivity contribution in [3.8, 4) is 5.75 Å². The van der Waals surface area contributed by atoms with E-state index in [1.54, 1.807) is 7.11 Å². The van der Waals surface area contributed by atoms with Crippen LogP contribution in [0.2, 0.25) is 0 Å². The van der Waals surface area contributed by atoms with E-state index in [9.17, 15) is 9.59 Å². The zero-order chi connectivity index (χ0) is 21.8. The Morgan fingerprint density at radius 2 is 1.97 bits per heavy atom. The highest BCUT2D eigenvalue weighted by molar-refractivity contribution is 7.16. The first-order chi connectivity index (χ1) is 15.1. The molecule has 1 aromatic carbocycles. The SMILES string of the molecule is CCCNC(=O)C1CCN(C(=O)c2cc3scnc3n2Cc2ccc(OC)cc2)CC1. The van der Waals surface area contributed by atoms with Crippen molar-refractivity contribution in [2.24, 2.45) is 5.92 Å². The van der Waals surface area contributed by atoms with Crippen LogP contribution in [0.3, 0.4) is 0 Å². The highest BCUT2D eigenvalue weighted by atomic mass is 32.1. The number of thiazole rings is 1. The van der Waals surface area contributed by atoms with Crippen LogP contribution >= 0.6 is 11.3 Å². The minimum Gasteiger partial charge on any atom is -0.497 e. The summed E-state index contributed by atoms with van der Waals surface area (Å²) in [6, 6.07) is 9.80. The quantitative estimate of drug-likeness (QED) is 0.610. The lowest BCUT2D eigenvalue weighted by atomic mass is 9.95. The van der Waals surface area contributed by atoms with Gasteiger partial charge in [-0.2, -0.15) is 0 Å². The van der Waals surface area contributed by atoms with Crippen LogP contribution in [0.4, 0.5) is 0 Å². The van der Waals surface area contributed by atoms with Gasteiger partial charge in [-0.05, 0) is 43.0 Å². The van der Waals surface area contributed by atoms with Gasteiger partial charge in [-0.15, -0.1) is 11.3 Å². The van der Waals surface area contributed by atoms with Crippen LogP contribution in [0.15, 0.2) is 35.8 Å². The van der Waals surface area contributed by atoms with Crippen LogP contribution in [0, 0.1) is 5.92 Å². The van der Waals surface area contributed by atoms with Gasteiger partial charge in [0.05, 0.1) is 17.3 Å². The number of hydrogen-bond acceptors (Lipinski definition) is 5. The first-order valence-electron chi connectivity index (χ1n) is 10.7. The third-order valence-corrected chi connectivity index (χ3v) is 6.58. The summed E-state index contributed by atoms with van der Waals surface area (Å²) in [7, 11) is 1.65. The van der Waals surface area contributed by atoms with E-state index in [0.717, 1.165) is 28.1 Å². The van der Waals surface area contributed by atoms with Crippen molar-refractivity contribution < 1.29 is 14.3 Å². The fraction of sp³-hybridized carbons (Fsp3) is 0.435. The molecule has 31 heavy (non-hydrogen) atoms. The number of methoxy groups -OCH3 is 1. The number of carbonyl (C=O) groups is 2. The Kier molecular flexibility index (Phi) is 6.56. The monoisotopic (exact) mass is 440 g/mol. The molecule has 0 bridgehead atoms. The topological polar surface area (TPSA) is 76.5 Å². The van der Waals surface area contributed by atoms with Gasteiger partial charge in [-0.25, -0.2) is 4.98 Å². The summed E-state index contributed by atoms with van der Waals surface area (Å²) in [6.45, 7) is 4.51. The summed E-state index contributed by atoms with van der Waals surface area (Å²) in [4.78, 5) is 32.0. The van der Waals surface area contributed by atoms with E-state index >= 15 is 0 Å². The van der Waals surface area contributed by atoms with E-state index in [2.05, 4.69) is 10.3 Å². The third kappa shape index (κ3) is 4.58. The normalized spacial score (nSPS) is 14.7. The van der Waals surface area contributed by atoms with Gasteiger partial charge in [-0.1, -0.05) is 19.1 Å². The van der Waals surface area contributed by atoms with Gasteiger partial charge in [0.25, 0.3) is 5.91 Å². The molecule has 1 N–H and O–H groups in total. The molecule has 1 aliphatic rings. The van der Waals surface area contributed by atoms with E-state index in [0.29, 0.717) is 44.7 Å². The molecule has 0 unspecified atom stereocenters. The van der Waals surface area contributed by atoms with E-state index in [4.69, 9.17) is 4.74 Å². The molecule has 2 amide bonds. The van der Waals surface area contributed by atoms with Crippen molar-refractivity contribution >= 4 is 33.5 Å². The Bertz CT molecular complexity index is 1050. The molecule has 2 aromatic heterocycles. The second-order valence-corrected chi connectivity index (χ2v) is 8.75. The van der Waals surface area contributed by atoms with Crippen molar-refractivity contribution in [2.75, 3.05) is 26.7 Å². The Labute approximate surface area is 186 Å². The van der Waals surface area contributed by atoms with Crippen molar-refractivity contribution in [3.63, 3.8) is 0 Å². The zero-order valence-electron chi connectivity index (χ0n) is 18.0. The highest BCUT2D eigenvalue weighted by Gasteiger charge is 2.29. The molecular weight excluding hydrogens is 412 g/mol. The predicted octanol–water partition coefficient (Wildman–Crippen LogP) is 3.53. The molecule has 0 atom stereocenters. The molecule has 1 aliphatic heterocycles. The number of ether oxygens (including phenoxy) is 1. The van der Waals surface area contributed by atoms with Crippen LogP contribution in [-0.2, 0) is 11.3 Å². The van der Waals surface area contributed by atoms with Gasteiger partial charge in [0.15, 0.2) is 5.65 Å². The second kappa shape index (κ2) is 9.51. The molecule has 3 heterocycles. The summed E-state index contributed by atoms with van der Waals surface area (Å²) in [5.41, 5.74) is 4.37. The standard InChI is InChI=1S/C23H28N4O3S/c1-3-10-24-22(28)17-8-11-26(12-9-17)23(29)19-13-20-21(25-15-31-20)27(19)14-16-4-6-18(30-2)7-5-16/h4-7,13,15,17H,3,8-12,14H2,1-2H3,(H,24,28). The average Bonchev–Trinajstić information content (AvgIpc) is 3.40. The van der Waals surface area contributed by atoms with Gasteiger partial charge in [0.1, 0.15) is 11.4 Å². The van der Waals surface area contributed by atoms with Crippen molar-refractivity contribution in [1.29, 1.82) is 0 Å². The Morgan fingerprint density at radius 1 is 1.23 bits per heavy atom. The van der Waals surface area contributed by atoms with E-state index in [-0.39, 0.29) is 17.7 Å². The lowest BCUT2D eigenvalue weighted by molar-refractivity contribution is -0.126. The fourth-order valence-corrected chi connectivity index (χ4v) is 4.73. The van der Waals surface area contributed by atoms with Gasteiger partial charge in [0, 0.05) is 32.1 Å². The van der Waals surface area contributed by atoms with Crippen LogP contribution in [0.25, 0.3) is 10.3 Å². The Balaban J connectivity index is 1.50. The number of likely N-dealkylation sites (tertiary alicyclic amines) is 1. The third-order valence-electron chi connectivity index (χ3n) is 5.81. The average molecular weight is 441 g/mol. The summed E-state index contributed by atoms with van der Waals surface area (Å²) in [5.74, 6) is 0.914. The number of nitrogens with zero attached hydrogens (tertiary/aromatic N) is 3. The fourth-order valence-electron chi connectivity index (χ4n) is 4.02. The van der Waals surface area contributed by atoms with Gasteiger partial charge < -0.3 is 19.5 Å². The summed E-state index contributed by atoms with van der Waals surface area (Å²) >= 11 is 1.54. The number of amides is 2. The molecule has 8 heteroatoms. The zero-order valence-corrected chi connectivity index (χ0v) is 18.8. The smallest absolute Gasteiger partial charge is 0.270 e. The summed E-state index contributed by atoms with van der Waals surface area (Å²) < 4.78 is 8.25. The van der Waals surface area contributed by atoms with Crippen LogP contribution in [-0.4, -0.2) is 53.0 Å². The maximum Gasteiger partial charge on any atom is 0.270 e. The number of carbonyl (C=O) groups excluding carboxylic acids is 2. The van der Waals surface area contributed by atoms with Gasteiger partial charge in [-0.3, -0.25) is 9.59 Å². The van der Waals surface area contributed by atoms with Gasteiger partial charge >= 0.3 is 0 Å². The minimum absolute atomic E-state index is 0.00567. The molecular formula is C23H28N4O3S. The Hall–Kier alpha value is -2.87. The van der Waals surface area contributed by atoms with Crippen molar-refractivity contribution in [2.45, 2.75) is 32.7 Å². The lowest BCUT2D eigenvalue weighted by Gasteiger charge is -2.31. The van der Waals surface area contributed by atoms with Crippen LogP contribution in [0.5, 0.6) is 5.75 Å². The number of hydrogen-bond donors (Lipinski definition) is 1. The number of rotatable bonds is 7. The largest absolute Gasteiger partial charge is 0.497 e. The molecule has 0 saturated carbocycles. The predicted molar refractivity (Wildman–Crippen MR) is 122 cm³/mol. The van der Waals surface area contributed by atoms with Crippen LogP contribution in [0.1, 0.15) is 42.2 Å². The molecule has 0 radical (unpaired) electrons. The Morgan fingerprint density at radius 3 is 2.65 bits per heavy atom. The molecule has 1 fully saturated rings. The molecule has 3 aromatic rings. The molecule has 7 nitrogen and oxygen atoms in total. The number of fused-ring (bicyclic) bond motifs is 1. The maximum atomic E-state index is 13.4. The minimum atomic E-state index is -0.00755. The van der Waals surface area contributed by atoms with Crippen LogP contribution < -0.4 is 10.1 Å². The molecule has 0 spiro atoms. The number of aromatic nitrogens is 2. The first kappa shape index (κ1) is 21.4. The molecule has 4 rings (SSSR count). The second-order valence-electron chi connectivity index (χ2n) is 7.86. The molecule has 0 aliphatic carbocycles. The number of piperidine rings is 1. The van der Waals surface area contributed by atoms with Crippen molar-refractivity contribution in [1.82, 2.24) is 19.8 Å². The lowest BCUT2D eigenvalue weighted by Crippen LogP contribution is -2.43. The van der Waals surface area contributed by atoms with Crippen molar-refractivity contribution in [3.05, 3.63) is 47.1 Å². The highest BCUT2D eigenvalue weighted by Crippen LogP contribution is 2.27. The summed E-state index contributed by atoms with van der Waals surface area (Å²) in [6.07, 6.45) is 2.33. The first-order valence-corrected chi connectivity index (χ1v) is 11.6. The number of benzene rings is 1. The number of nitrogens with one attached hydrogen (secondary N) is 1. The molecule has 164 valence electrons. The molecule has 1 saturated heterocycles. The van der Waals surface area contributed by atoms with Gasteiger partial charge in [0.2, 0.25) is 5.91 Å². The van der Waals surface area contributed by atoms with E-state index < -0.39 is 0 Å².